The van der Waals surface area contributed by atoms with E-state index in [0.29, 0.717) is 24.1 Å². The number of nitrogens with one attached hydrogen (secondary N) is 1. The van der Waals surface area contributed by atoms with Gasteiger partial charge >= 0.3 is 0 Å². The number of aromatic nitrogens is 2. The van der Waals surface area contributed by atoms with Crippen molar-refractivity contribution in [2.45, 2.75) is 25.7 Å². The molecule has 1 aromatic heterocycles. The molecule has 1 amide bonds. The van der Waals surface area contributed by atoms with Crippen molar-refractivity contribution in [3.8, 4) is 11.3 Å². The highest BCUT2D eigenvalue weighted by Gasteiger charge is 2.28. The van der Waals surface area contributed by atoms with E-state index in [1.165, 1.54) is 11.1 Å². The number of hydrogen-bond donors (Lipinski definition) is 1. The van der Waals surface area contributed by atoms with Crippen LogP contribution in [-0.4, -0.2) is 42.2 Å². The van der Waals surface area contributed by atoms with Crippen LogP contribution in [0.4, 0.5) is 11.6 Å². The monoisotopic (exact) mass is 376 g/mol. The molecule has 2 aliphatic heterocycles. The number of allylic oxidation sites excluding steroid dienone is 1. The molecular weight excluding hydrogens is 352 g/mol. The van der Waals surface area contributed by atoms with E-state index in [1.54, 1.807) is 6.20 Å². The molecule has 28 heavy (non-hydrogen) atoms. The molecule has 0 bridgehead atoms. The average molecular weight is 376 g/mol. The first kappa shape index (κ1) is 17.4. The first-order valence-electron chi connectivity index (χ1n) is 10.1. The highest BCUT2D eigenvalue weighted by Crippen LogP contribution is 2.31. The third kappa shape index (κ3) is 3.29. The normalized spacial score (nSPS) is 18.7. The molecule has 1 saturated heterocycles. The van der Waals surface area contributed by atoms with Crippen LogP contribution in [0.5, 0.6) is 0 Å². The van der Waals surface area contributed by atoms with Gasteiger partial charge in [-0.05, 0) is 48.8 Å². The van der Waals surface area contributed by atoms with Gasteiger partial charge in [-0.15, -0.1) is 0 Å². The lowest BCUT2D eigenvalue weighted by Gasteiger charge is -2.30. The average Bonchev–Trinajstić information content (AvgIpc) is 3.21. The lowest BCUT2D eigenvalue weighted by Crippen LogP contribution is -2.42. The minimum atomic E-state index is 0.0582. The van der Waals surface area contributed by atoms with Crippen LogP contribution in [0.3, 0.4) is 0 Å². The third-order valence-corrected chi connectivity index (χ3v) is 5.90. The van der Waals surface area contributed by atoms with Gasteiger partial charge in [0.1, 0.15) is 0 Å². The van der Waals surface area contributed by atoms with Gasteiger partial charge in [0, 0.05) is 25.3 Å². The number of amides is 1. The minimum Gasteiger partial charge on any atom is -0.381 e. The summed E-state index contributed by atoms with van der Waals surface area (Å²) in [4.78, 5) is 23.8. The Morgan fingerprint density at radius 3 is 3.04 bits per heavy atom. The maximum Gasteiger partial charge on any atom is 0.247 e. The van der Waals surface area contributed by atoms with Crippen molar-refractivity contribution in [3.05, 3.63) is 41.6 Å². The number of ether oxygens (including phenoxy) is 1. The van der Waals surface area contributed by atoms with Crippen LogP contribution in [0.15, 0.2) is 30.5 Å². The molecule has 1 N–H and O–H groups in total. The largest absolute Gasteiger partial charge is 0.381 e. The first-order valence-corrected chi connectivity index (χ1v) is 10.1. The van der Waals surface area contributed by atoms with Crippen molar-refractivity contribution in [1.82, 2.24) is 9.97 Å². The van der Waals surface area contributed by atoms with Crippen molar-refractivity contribution in [2.75, 3.05) is 36.5 Å². The maximum atomic E-state index is 12.6. The van der Waals surface area contributed by atoms with E-state index < -0.39 is 0 Å². The maximum absolute atomic E-state index is 12.6. The van der Waals surface area contributed by atoms with E-state index in [1.807, 2.05) is 4.90 Å². The fourth-order valence-electron chi connectivity index (χ4n) is 4.19. The van der Waals surface area contributed by atoms with E-state index in [9.17, 15) is 4.79 Å². The predicted octanol–water partition coefficient (Wildman–Crippen LogP) is 3.29. The van der Waals surface area contributed by atoms with Gasteiger partial charge in [0.15, 0.2) is 11.6 Å². The number of carbonyl (C=O) groups excluding carboxylic acids is 1. The van der Waals surface area contributed by atoms with Crippen LogP contribution < -0.4 is 10.2 Å². The highest BCUT2D eigenvalue weighted by atomic mass is 16.5. The van der Waals surface area contributed by atoms with E-state index in [0.717, 1.165) is 50.2 Å². The molecule has 144 valence electrons. The molecule has 0 unspecified atom stereocenters. The Balaban J connectivity index is 1.42. The minimum absolute atomic E-state index is 0.0582. The molecule has 6 nitrogen and oxygen atoms in total. The topological polar surface area (TPSA) is 67.4 Å². The van der Waals surface area contributed by atoms with Gasteiger partial charge in [-0.1, -0.05) is 24.3 Å². The van der Waals surface area contributed by atoms with Crippen LogP contribution in [0.2, 0.25) is 0 Å². The summed E-state index contributed by atoms with van der Waals surface area (Å²) in [5.41, 5.74) is 4.41. The Labute approximate surface area is 164 Å². The van der Waals surface area contributed by atoms with Crippen LogP contribution >= 0.6 is 0 Å². The summed E-state index contributed by atoms with van der Waals surface area (Å²) < 4.78 is 5.45. The number of benzene rings is 1. The van der Waals surface area contributed by atoms with E-state index in [2.05, 4.69) is 40.7 Å². The van der Waals surface area contributed by atoms with Crippen molar-refractivity contribution in [1.29, 1.82) is 0 Å². The second-order valence-electron chi connectivity index (χ2n) is 7.69. The SMILES string of the molecule is O=C1CNc2ncc(-c3ccc4c(c3)C=CC4)nc2N1CCC1CCOCC1. The zero-order valence-electron chi connectivity index (χ0n) is 15.9. The van der Waals surface area contributed by atoms with Gasteiger partial charge in [0.05, 0.1) is 18.4 Å². The fraction of sp³-hybridized carbons (Fsp3) is 0.409. The van der Waals surface area contributed by atoms with Gasteiger partial charge in [-0.3, -0.25) is 9.69 Å². The number of nitrogens with zero attached hydrogens (tertiary/aromatic N) is 3. The molecule has 3 heterocycles. The highest BCUT2D eigenvalue weighted by molar-refractivity contribution is 6.00. The lowest BCUT2D eigenvalue weighted by atomic mass is 9.96. The Hall–Kier alpha value is -2.73. The predicted molar refractivity (Wildman–Crippen MR) is 109 cm³/mol. The van der Waals surface area contributed by atoms with Crippen LogP contribution in [0, 0.1) is 5.92 Å². The van der Waals surface area contributed by atoms with Crippen molar-refractivity contribution in [2.24, 2.45) is 5.92 Å². The van der Waals surface area contributed by atoms with Crippen molar-refractivity contribution in [3.63, 3.8) is 0 Å². The lowest BCUT2D eigenvalue weighted by molar-refractivity contribution is -0.117. The van der Waals surface area contributed by atoms with Gasteiger partial charge in [-0.2, -0.15) is 0 Å². The zero-order chi connectivity index (χ0) is 18.9. The van der Waals surface area contributed by atoms with E-state index in [-0.39, 0.29) is 12.5 Å². The molecule has 0 saturated carbocycles. The van der Waals surface area contributed by atoms with Crippen molar-refractivity contribution >= 4 is 23.6 Å². The van der Waals surface area contributed by atoms with Gasteiger partial charge in [0.25, 0.3) is 0 Å². The molecule has 1 aromatic carbocycles. The van der Waals surface area contributed by atoms with Gasteiger partial charge < -0.3 is 10.1 Å². The van der Waals surface area contributed by atoms with Gasteiger partial charge in [-0.25, -0.2) is 9.97 Å². The number of hydrogen-bond acceptors (Lipinski definition) is 5. The molecule has 6 heteroatoms. The standard InChI is InChI=1S/C22H24N4O2/c27-20-14-24-21-22(26(20)9-6-15-7-10-28-11-8-15)25-19(13-23-21)18-5-4-16-2-1-3-17(16)12-18/h1,3-5,12-13,15H,2,6-11,14H2,(H,23,24). The number of anilines is 2. The second kappa shape index (κ2) is 7.36. The third-order valence-electron chi connectivity index (χ3n) is 5.90. The molecule has 3 aliphatic rings. The number of fused-ring (bicyclic) bond motifs is 2. The van der Waals surface area contributed by atoms with Crippen molar-refractivity contribution < 1.29 is 9.53 Å². The molecule has 0 atom stereocenters. The molecular formula is C22H24N4O2. The van der Waals surface area contributed by atoms with E-state index >= 15 is 0 Å². The Bertz CT molecular complexity index is 934. The van der Waals surface area contributed by atoms with Crippen LogP contribution in [0.1, 0.15) is 30.4 Å². The van der Waals surface area contributed by atoms with Gasteiger partial charge in [0.2, 0.25) is 5.91 Å². The van der Waals surface area contributed by atoms with E-state index in [4.69, 9.17) is 9.72 Å². The first-order chi connectivity index (χ1) is 13.8. The fourth-order valence-corrected chi connectivity index (χ4v) is 4.19. The molecule has 0 radical (unpaired) electrons. The summed E-state index contributed by atoms with van der Waals surface area (Å²) >= 11 is 0. The molecule has 2 aromatic rings. The summed E-state index contributed by atoms with van der Waals surface area (Å²) in [6.45, 7) is 2.61. The smallest absolute Gasteiger partial charge is 0.247 e. The summed E-state index contributed by atoms with van der Waals surface area (Å²) in [7, 11) is 0. The number of rotatable bonds is 4. The Kier molecular flexibility index (Phi) is 4.56. The molecule has 0 spiro atoms. The quantitative estimate of drug-likeness (QED) is 0.887. The van der Waals surface area contributed by atoms with Crippen LogP contribution in [0.25, 0.3) is 17.3 Å². The number of carbonyl (C=O) groups is 1. The summed E-state index contributed by atoms with van der Waals surface area (Å²) in [6.07, 6.45) is 10.2. The zero-order valence-corrected chi connectivity index (χ0v) is 15.9. The molecule has 1 fully saturated rings. The second-order valence-corrected chi connectivity index (χ2v) is 7.69. The summed E-state index contributed by atoms with van der Waals surface area (Å²) in [6, 6.07) is 6.39. The molecule has 5 rings (SSSR count). The Morgan fingerprint density at radius 1 is 1.25 bits per heavy atom. The van der Waals surface area contributed by atoms with Crippen LogP contribution in [-0.2, 0) is 16.0 Å². The Morgan fingerprint density at radius 2 is 2.14 bits per heavy atom. The summed E-state index contributed by atoms with van der Waals surface area (Å²) in [5, 5.41) is 3.10. The molecule has 1 aliphatic carbocycles. The summed E-state index contributed by atoms with van der Waals surface area (Å²) in [5.74, 6) is 2.01.